The van der Waals surface area contributed by atoms with Crippen molar-refractivity contribution in [2.24, 2.45) is 0 Å². The maximum Gasteiger partial charge on any atom is 0.0222 e. The van der Waals surface area contributed by atoms with Crippen LogP contribution in [-0.2, 0) is 13.0 Å². The Kier molecular flexibility index (Phi) is 1.30. The van der Waals surface area contributed by atoms with Crippen molar-refractivity contribution in [3.05, 3.63) is 23.5 Å². The SMILES string of the molecule is Cc1ccn2c1CCCC2. The van der Waals surface area contributed by atoms with E-state index in [2.05, 4.69) is 23.8 Å². The lowest BCUT2D eigenvalue weighted by molar-refractivity contribution is 0.531. The summed E-state index contributed by atoms with van der Waals surface area (Å²) in [4.78, 5) is 0. The minimum atomic E-state index is 1.24. The highest BCUT2D eigenvalue weighted by Crippen LogP contribution is 2.18. The van der Waals surface area contributed by atoms with Gasteiger partial charge in [0, 0.05) is 18.4 Å². The molecule has 54 valence electrons. The Morgan fingerprint density at radius 2 is 2.30 bits per heavy atom. The Balaban J connectivity index is 2.45. The monoisotopic (exact) mass is 135 g/mol. The average Bonchev–Trinajstić information content (AvgIpc) is 2.34. The Hall–Kier alpha value is -0.720. The Bertz CT molecular complexity index is 235. The normalized spacial score (nSPS) is 16.9. The number of aryl methyl sites for hydroxylation is 2. The molecule has 0 bridgehead atoms. The summed E-state index contributed by atoms with van der Waals surface area (Å²) in [5.41, 5.74) is 3.03. The van der Waals surface area contributed by atoms with Gasteiger partial charge in [0.2, 0.25) is 0 Å². The van der Waals surface area contributed by atoms with E-state index >= 15 is 0 Å². The lowest BCUT2D eigenvalue weighted by Gasteiger charge is -2.15. The molecule has 0 saturated carbocycles. The fourth-order valence-corrected chi connectivity index (χ4v) is 1.74. The van der Waals surface area contributed by atoms with Crippen molar-refractivity contribution in [3.8, 4) is 0 Å². The summed E-state index contributed by atoms with van der Waals surface area (Å²) in [5.74, 6) is 0. The summed E-state index contributed by atoms with van der Waals surface area (Å²) < 4.78 is 2.39. The minimum absolute atomic E-state index is 1.24. The van der Waals surface area contributed by atoms with E-state index in [1.807, 2.05) is 0 Å². The molecule has 0 spiro atoms. The molecule has 1 heteroatoms. The van der Waals surface area contributed by atoms with Crippen LogP contribution >= 0.6 is 0 Å². The van der Waals surface area contributed by atoms with Gasteiger partial charge in [-0.3, -0.25) is 0 Å². The van der Waals surface area contributed by atoms with Crippen LogP contribution in [0.4, 0.5) is 0 Å². The molecule has 1 aromatic heterocycles. The first kappa shape index (κ1) is 6.02. The first-order valence-electron chi connectivity index (χ1n) is 4.02. The smallest absolute Gasteiger partial charge is 0.0222 e. The lowest BCUT2D eigenvalue weighted by atomic mass is 10.1. The van der Waals surface area contributed by atoms with Crippen molar-refractivity contribution < 1.29 is 0 Å². The molecule has 0 radical (unpaired) electrons. The number of nitrogens with zero attached hydrogens (tertiary/aromatic N) is 1. The molecule has 0 atom stereocenters. The maximum absolute atomic E-state index is 2.39. The summed E-state index contributed by atoms with van der Waals surface area (Å²) in [6, 6.07) is 2.22. The van der Waals surface area contributed by atoms with E-state index < -0.39 is 0 Å². The van der Waals surface area contributed by atoms with Gasteiger partial charge in [-0.05, 0) is 37.8 Å². The van der Waals surface area contributed by atoms with Crippen molar-refractivity contribution in [2.45, 2.75) is 32.7 Å². The predicted molar refractivity (Wildman–Crippen MR) is 42.1 cm³/mol. The lowest BCUT2D eigenvalue weighted by Crippen LogP contribution is -2.08. The molecule has 0 aliphatic carbocycles. The number of rotatable bonds is 0. The van der Waals surface area contributed by atoms with Crippen molar-refractivity contribution in [1.29, 1.82) is 0 Å². The van der Waals surface area contributed by atoms with Crippen LogP contribution in [0.3, 0.4) is 0 Å². The molecule has 2 heterocycles. The van der Waals surface area contributed by atoms with E-state index in [4.69, 9.17) is 0 Å². The molecule has 0 unspecified atom stereocenters. The third-order valence-corrected chi connectivity index (χ3v) is 2.37. The minimum Gasteiger partial charge on any atom is -0.351 e. The van der Waals surface area contributed by atoms with E-state index in [9.17, 15) is 0 Å². The Labute approximate surface area is 61.7 Å². The number of hydrogen-bond donors (Lipinski definition) is 0. The van der Waals surface area contributed by atoms with E-state index in [1.165, 1.54) is 31.4 Å². The molecule has 2 rings (SSSR count). The Morgan fingerprint density at radius 3 is 3.10 bits per heavy atom. The molecule has 10 heavy (non-hydrogen) atoms. The topological polar surface area (TPSA) is 4.93 Å². The highest BCUT2D eigenvalue weighted by molar-refractivity contribution is 5.21. The van der Waals surface area contributed by atoms with Crippen LogP contribution in [0.5, 0.6) is 0 Å². The zero-order valence-corrected chi connectivity index (χ0v) is 6.43. The largest absolute Gasteiger partial charge is 0.351 e. The van der Waals surface area contributed by atoms with Crippen LogP contribution in [0.15, 0.2) is 12.3 Å². The van der Waals surface area contributed by atoms with E-state index in [-0.39, 0.29) is 0 Å². The molecule has 0 amide bonds. The van der Waals surface area contributed by atoms with Crippen molar-refractivity contribution in [3.63, 3.8) is 0 Å². The zero-order valence-electron chi connectivity index (χ0n) is 6.43. The van der Waals surface area contributed by atoms with Gasteiger partial charge in [0.15, 0.2) is 0 Å². The van der Waals surface area contributed by atoms with Gasteiger partial charge in [0.1, 0.15) is 0 Å². The maximum atomic E-state index is 2.39. The average molecular weight is 135 g/mol. The fraction of sp³-hybridized carbons (Fsp3) is 0.556. The van der Waals surface area contributed by atoms with Gasteiger partial charge < -0.3 is 4.57 Å². The van der Waals surface area contributed by atoms with Gasteiger partial charge >= 0.3 is 0 Å². The third-order valence-electron chi connectivity index (χ3n) is 2.37. The standard InChI is InChI=1S/C9H13N/c1-8-5-7-10-6-3-2-4-9(8)10/h5,7H,2-4,6H2,1H3. The van der Waals surface area contributed by atoms with E-state index in [0.717, 1.165) is 0 Å². The molecule has 1 nitrogen and oxygen atoms in total. The second-order valence-corrected chi connectivity index (χ2v) is 3.10. The number of fused-ring (bicyclic) bond motifs is 1. The second-order valence-electron chi connectivity index (χ2n) is 3.10. The van der Waals surface area contributed by atoms with Gasteiger partial charge in [0.25, 0.3) is 0 Å². The van der Waals surface area contributed by atoms with Crippen molar-refractivity contribution in [1.82, 2.24) is 4.57 Å². The summed E-state index contributed by atoms with van der Waals surface area (Å²) in [6.07, 6.45) is 6.24. The molecule has 1 aliphatic heterocycles. The number of hydrogen-bond acceptors (Lipinski definition) is 0. The van der Waals surface area contributed by atoms with Crippen LogP contribution in [0.25, 0.3) is 0 Å². The summed E-state index contributed by atoms with van der Waals surface area (Å²) in [5, 5.41) is 0. The van der Waals surface area contributed by atoms with Crippen LogP contribution in [0, 0.1) is 6.92 Å². The molecule has 0 aromatic carbocycles. The van der Waals surface area contributed by atoms with Crippen LogP contribution in [-0.4, -0.2) is 4.57 Å². The molecule has 0 N–H and O–H groups in total. The molecule has 1 aliphatic rings. The fourth-order valence-electron chi connectivity index (χ4n) is 1.74. The first-order valence-corrected chi connectivity index (χ1v) is 4.02. The van der Waals surface area contributed by atoms with Gasteiger partial charge in [-0.25, -0.2) is 0 Å². The molecule has 0 saturated heterocycles. The molecular weight excluding hydrogens is 122 g/mol. The quantitative estimate of drug-likeness (QED) is 0.513. The van der Waals surface area contributed by atoms with E-state index in [0.29, 0.717) is 0 Å². The Morgan fingerprint density at radius 1 is 1.40 bits per heavy atom. The van der Waals surface area contributed by atoms with Gasteiger partial charge in [-0.15, -0.1) is 0 Å². The highest BCUT2D eigenvalue weighted by Gasteiger charge is 2.09. The number of aromatic nitrogens is 1. The summed E-state index contributed by atoms with van der Waals surface area (Å²) in [6.45, 7) is 3.44. The van der Waals surface area contributed by atoms with E-state index in [1.54, 1.807) is 5.69 Å². The van der Waals surface area contributed by atoms with Crippen LogP contribution in [0.1, 0.15) is 24.1 Å². The van der Waals surface area contributed by atoms with Gasteiger partial charge in [-0.1, -0.05) is 0 Å². The van der Waals surface area contributed by atoms with Crippen molar-refractivity contribution >= 4 is 0 Å². The summed E-state index contributed by atoms with van der Waals surface area (Å²) in [7, 11) is 0. The summed E-state index contributed by atoms with van der Waals surface area (Å²) >= 11 is 0. The molecule has 1 aromatic rings. The zero-order chi connectivity index (χ0) is 6.97. The third kappa shape index (κ3) is 0.772. The molecule has 0 fully saturated rings. The first-order chi connectivity index (χ1) is 4.88. The van der Waals surface area contributed by atoms with Crippen LogP contribution < -0.4 is 0 Å². The van der Waals surface area contributed by atoms with Crippen LogP contribution in [0.2, 0.25) is 0 Å². The molecular formula is C9H13N. The second kappa shape index (κ2) is 2.15. The van der Waals surface area contributed by atoms with Gasteiger partial charge in [-0.2, -0.15) is 0 Å². The highest BCUT2D eigenvalue weighted by atomic mass is 15.0. The van der Waals surface area contributed by atoms with Crippen molar-refractivity contribution in [2.75, 3.05) is 0 Å². The van der Waals surface area contributed by atoms with Gasteiger partial charge in [0.05, 0.1) is 0 Å². The predicted octanol–water partition coefficient (Wildman–Crippen LogP) is 2.13.